The third-order valence-electron chi connectivity index (χ3n) is 4.82. The zero-order chi connectivity index (χ0) is 16.8. The number of nitrogens with zero attached hydrogens (tertiary/aromatic N) is 2. The summed E-state index contributed by atoms with van der Waals surface area (Å²) in [6.45, 7) is 1.80. The van der Waals surface area contributed by atoms with Gasteiger partial charge in [-0.05, 0) is 25.0 Å². The van der Waals surface area contributed by atoms with Gasteiger partial charge < -0.3 is 10.0 Å². The average Bonchev–Trinajstić information content (AvgIpc) is 2.76. The Morgan fingerprint density at radius 3 is 2.70 bits per heavy atom. The van der Waals surface area contributed by atoms with Gasteiger partial charge in [0.15, 0.2) is 9.84 Å². The van der Waals surface area contributed by atoms with Crippen LogP contribution in [0.15, 0.2) is 18.2 Å². The molecule has 23 heavy (non-hydrogen) atoms. The minimum atomic E-state index is -3.50. The Kier molecular flexibility index (Phi) is 3.66. The molecule has 8 heteroatoms. The first-order chi connectivity index (χ1) is 10.8. The maximum atomic E-state index is 12.4. The highest BCUT2D eigenvalue weighted by atomic mass is 32.2. The minimum Gasteiger partial charge on any atom is -0.481 e. The number of amides is 1. The van der Waals surface area contributed by atoms with E-state index in [1.807, 2.05) is 13.0 Å². The van der Waals surface area contributed by atoms with Gasteiger partial charge in [-0.25, -0.2) is 13.4 Å². The Labute approximate surface area is 134 Å². The third kappa shape index (κ3) is 2.32. The standard InChI is InChI=1S/C15H18N2O5S/c1-2-10-4-3-5-12(16-10)13(18)17-8-15(9-17)11(14(19)20)6-7-23(15,21)22/h3-5,11H,2,6-9H2,1H3,(H,19,20). The van der Waals surface area contributed by atoms with Crippen molar-refractivity contribution < 1.29 is 23.1 Å². The summed E-state index contributed by atoms with van der Waals surface area (Å²) in [5.41, 5.74) is 1.05. The fourth-order valence-electron chi connectivity index (χ4n) is 3.42. The largest absolute Gasteiger partial charge is 0.481 e. The number of aryl methyl sites for hydroxylation is 1. The summed E-state index contributed by atoms with van der Waals surface area (Å²) in [6.07, 6.45) is 0.809. The van der Waals surface area contributed by atoms with Crippen LogP contribution in [0.2, 0.25) is 0 Å². The van der Waals surface area contributed by atoms with E-state index in [1.165, 1.54) is 4.90 Å². The van der Waals surface area contributed by atoms with Crippen LogP contribution in [0, 0.1) is 5.92 Å². The quantitative estimate of drug-likeness (QED) is 0.853. The molecule has 2 aliphatic heterocycles. The minimum absolute atomic E-state index is 0.0663. The molecule has 2 fully saturated rings. The fraction of sp³-hybridized carbons (Fsp3) is 0.533. The Morgan fingerprint density at radius 2 is 2.09 bits per heavy atom. The summed E-state index contributed by atoms with van der Waals surface area (Å²) in [6, 6.07) is 5.14. The monoisotopic (exact) mass is 338 g/mol. The normalized spacial score (nSPS) is 24.4. The van der Waals surface area contributed by atoms with E-state index in [2.05, 4.69) is 4.98 Å². The van der Waals surface area contributed by atoms with Gasteiger partial charge in [0.05, 0.1) is 11.7 Å². The number of sulfone groups is 1. The van der Waals surface area contributed by atoms with Crippen molar-refractivity contribution >= 4 is 21.7 Å². The number of carbonyl (C=O) groups excluding carboxylic acids is 1. The van der Waals surface area contributed by atoms with Gasteiger partial charge >= 0.3 is 5.97 Å². The molecule has 1 spiro atoms. The smallest absolute Gasteiger partial charge is 0.308 e. The summed E-state index contributed by atoms with van der Waals surface area (Å²) in [4.78, 5) is 29.4. The van der Waals surface area contributed by atoms with Gasteiger partial charge in [-0.1, -0.05) is 13.0 Å². The molecule has 1 amide bonds. The summed E-state index contributed by atoms with van der Waals surface area (Å²) in [7, 11) is -3.50. The molecule has 0 aliphatic carbocycles. The van der Waals surface area contributed by atoms with Crippen LogP contribution in [0.4, 0.5) is 0 Å². The number of carbonyl (C=O) groups is 2. The van der Waals surface area contributed by atoms with E-state index in [0.717, 1.165) is 5.69 Å². The lowest BCUT2D eigenvalue weighted by Crippen LogP contribution is -2.69. The maximum Gasteiger partial charge on any atom is 0.308 e. The van der Waals surface area contributed by atoms with Crippen molar-refractivity contribution in [2.75, 3.05) is 18.8 Å². The van der Waals surface area contributed by atoms with Gasteiger partial charge in [0.2, 0.25) is 0 Å². The van der Waals surface area contributed by atoms with Crippen molar-refractivity contribution in [1.29, 1.82) is 0 Å². The van der Waals surface area contributed by atoms with E-state index >= 15 is 0 Å². The Bertz CT molecular complexity index is 768. The summed E-state index contributed by atoms with van der Waals surface area (Å²) < 4.78 is 23.2. The molecule has 1 atom stereocenters. The lowest BCUT2D eigenvalue weighted by molar-refractivity contribution is -0.144. The first-order valence-electron chi connectivity index (χ1n) is 7.51. The van der Waals surface area contributed by atoms with E-state index in [4.69, 9.17) is 0 Å². The number of aromatic nitrogens is 1. The summed E-state index contributed by atoms with van der Waals surface area (Å²) >= 11 is 0. The first-order valence-corrected chi connectivity index (χ1v) is 9.16. The number of carboxylic acid groups (broad SMARTS) is 1. The van der Waals surface area contributed by atoms with E-state index in [-0.39, 0.29) is 36.9 Å². The predicted molar refractivity (Wildman–Crippen MR) is 81.8 cm³/mol. The van der Waals surface area contributed by atoms with E-state index in [9.17, 15) is 23.1 Å². The molecule has 0 radical (unpaired) electrons. The first kappa shape index (κ1) is 15.9. The van der Waals surface area contributed by atoms with Gasteiger partial charge in [-0.2, -0.15) is 0 Å². The lowest BCUT2D eigenvalue weighted by atomic mass is 9.83. The molecule has 2 saturated heterocycles. The second-order valence-electron chi connectivity index (χ2n) is 6.09. The summed E-state index contributed by atoms with van der Waals surface area (Å²) in [5.74, 6) is -2.52. The number of rotatable bonds is 3. The van der Waals surface area contributed by atoms with Crippen LogP contribution >= 0.6 is 0 Å². The van der Waals surface area contributed by atoms with Crippen LogP contribution in [-0.2, 0) is 21.1 Å². The van der Waals surface area contributed by atoms with E-state index in [0.29, 0.717) is 6.42 Å². The van der Waals surface area contributed by atoms with Crippen LogP contribution in [-0.4, -0.2) is 58.9 Å². The molecule has 3 heterocycles. The number of aliphatic carboxylic acids is 1. The molecular formula is C15H18N2O5S. The maximum absolute atomic E-state index is 12.4. The average molecular weight is 338 g/mol. The zero-order valence-electron chi connectivity index (χ0n) is 12.7. The molecule has 7 nitrogen and oxygen atoms in total. The number of pyridine rings is 1. The van der Waals surface area contributed by atoms with Crippen LogP contribution in [0.1, 0.15) is 29.5 Å². The zero-order valence-corrected chi connectivity index (χ0v) is 13.5. The number of hydrogen-bond acceptors (Lipinski definition) is 5. The van der Waals surface area contributed by atoms with Crippen molar-refractivity contribution in [3.63, 3.8) is 0 Å². The van der Waals surface area contributed by atoms with Crippen molar-refractivity contribution in [2.24, 2.45) is 5.92 Å². The molecule has 1 unspecified atom stereocenters. The van der Waals surface area contributed by atoms with Crippen molar-refractivity contribution in [3.8, 4) is 0 Å². The molecule has 1 aromatic heterocycles. The Hall–Kier alpha value is -1.96. The topological polar surface area (TPSA) is 105 Å². The lowest BCUT2D eigenvalue weighted by Gasteiger charge is -2.48. The van der Waals surface area contributed by atoms with Crippen LogP contribution < -0.4 is 0 Å². The molecule has 0 saturated carbocycles. The highest BCUT2D eigenvalue weighted by molar-refractivity contribution is 7.93. The highest BCUT2D eigenvalue weighted by Gasteiger charge is 2.65. The molecule has 2 aliphatic rings. The molecule has 124 valence electrons. The number of hydrogen-bond donors (Lipinski definition) is 1. The van der Waals surface area contributed by atoms with Gasteiger partial charge in [0.1, 0.15) is 10.4 Å². The SMILES string of the molecule is CCc1cccc(C(=O)N2CC3(C2)C(C(=O)O)CCS3(=O)=O)n1. The second kappa shape index (κ2) is 5.30. The Morgan fingerprint density at radius 1 is 1.39 bits per heavy atom. The molecule has 3 rings (SSSR count). The number of likely N-dealkylation sites (tertiary alicyclic amines) is 1. The van der Waals surface area contributed by atoms with Crippen LogP contribution in [0.25, 0.3) is 0 Å². The second-order valence-corrected chi connectivity index (χ2v) is 8.54. The van der Waals surface area contributed by atoms with Gasteiger partial charge in [0.25, 0.3) is 5.91 Å². The van der Waals surface area contributed by atoms with Crippen molar-refractivity contribution in [2.45, 2.75) is 24.5 Å². The highest BCUT2D eigenvalue weighted by Crippen LogP contribution is 2.45. The molecule has 0 bridgehead atoms. The molecule has 1 N–H and O–H groups in total. The van der Waals surface area contributed by atoms with Gasteiger partial charge in [0, 0.05) is 18.8 Å². The van der Waals surface area contributed by atoms with Crippen LogP contribution in [0.5, 0.6) is 0 Å². The van der Waals surface area contributed by atoms with Crippen molar-refractivity contribution in [1.82, 2.24) is 9.88 Å². The van der Waals surface area contributed by atoms with Gasteiger partial charge in [-0.3, -0.25) is 9.59 Å². The van der Waals surface area contributed by atoms with Crippen molar-refractivity contribution in [3.05, 3.63) is 29.6 Å². The molecule has 1 aromatic rings. The van der Waals surface area contributed by atoms with Crippen LogP contribution in [0.3, 0.4) is 0 Å². The Balaban J connectivity index is 1.82. The molecular weight excluding hydrogens is 320 g/mol. The van der Waals surface area contributed by atoms with E-state index < -0.39 is 26.5 Å². The third-order valence-corrected chi connectivity index (χ3v) is 7.37. The molecule has 0 aromatic carbocycles. The van der Waals surface area contributed by atoms with Gasteiger partial charge in [-0.15, -0.1) is 0 Å². The summed E-state index contributed by atoms with van der Waals surface area (Å²) in [5, 5.41) is 9.28. The fourth-order valence-corrected chi connectivity index (χ4v) is 5.73. The number of carboxylic acids is 1. The predicted octanol–water partition coefficient (Wildman–Crippen LogP) is 0.358. The van der Waals surface area contributed by atoms with E-state index in [1.54, 1.807) is 12.1 Å².